The Morgan fingerprint density at radius 1 is 1.16 bits per heavy atom. The summed E-state index contributed by atoms with van der Waals surface area (Å²) < 4.78 is 0. The molecule has 1 N–H and O–H groups in total. The molecule has 3 heterocycles. The first-order valence-electron chi connectivity index (χ1n) is 13.8. The Hall–Kier alpha value is -2.37. The van der Waals surface area contributed by atoms with Gasteiger partial charge in [0, 0.05) is 43.1 Å². The summed E-state index contributed by atoms with van der Waals surface area (Å²) in [7, 11) is 0. The van der Waals surface area contributed by atoms with Crippen LogP contribution in [0, 0.1) is 22.7 Å². The van der Waals surface area contributed by atoms with Crippen molar-refractivity contribution in [3.8, 4) is 11.8 Å². The number of hydrogen-bond donors (Lipinski definition) is 1. The number of aromatic carboxylic acids is 1. The van der Waals surface area contributed by atoms with E-state index >= 15 is 0 Å². The minimum atomic E-state index is -1.04. The average Bonchev–Trinajstić information content (AvgIpc) is 3.06. The Kier molecular flexibility index (Phi) is 9.36. The first kappa shape index (κ1) is 30.2. The van der Waals surface area contributed by atoms with E-state index in [2.05, 4.69) is 44.4 Å². The number of anilines is 1. The van der Waals surface area contributed by atoms with Gasteiger partial charge in [-0.05, 0) is 77.8 Å². The Labute approximate surface area is 232 Å². The molecule has 2 atom stereocenters. The van der Waals surface area contributed by atoms with Gasteiger partial charge in [-0.1, -0.05) is 32.6 Å². The number of rotatable bonds is 6. The number of carboxylic acid groups (broad SMARTS) is 1. The van der Waals surface area contributed by atoms with Gasteiger partial charge < -0.3 is 14.9 Å². The van der Waals surface area contributed by atoms with Crippen molar-refractivity contribution in [2.24, 2.45) is 10.8 Å². The number of likely N-dealkylation sites (tertiary alicyclic amines) is 2. The molecule has 1 aromatic heterocycles. The monoisotopic (exact) mass is 543 g/mol. The SMILES string of the molecule is CC(C)(C)C#Cc1cc(N(C=O)C2CCCN(C3(C)CCCN(C(=O)CC(C)(C)C)C3)CC2)c(C(=O)O)s1. The highest BCUT2D eigenvalue weighted by Gasteiger charge is 2.40. The molecule has 210 valence electrons. The van der Waals surface area contributed by atoms with Crippen molar-refractivity contribution >= 4 is 35.3 Å². The number of amides is 2. The maximum atomic E-state index is 13.0. The topological polar surface area (TPSA) is 81.2 Å². The minimum absolute atomic E-state index is 0.0340. The zero-order valence-corrected chi connectivity index (χ0v) is 25.0. The fourth-order valence-corrected chi connectivity index (χ4v) is 6.38. The molecule has 2 aliphatic heterocycles. The van der Waals surface area contributed by atoms with Crippen molar-refractivity contribution < 1.29 is 19.5 Å². The molecule has 8 heteroatoms. The number of hydrogen-bond acceptors (Lipinski definition) is 5. The van der Waals surface area contributed by atoms with Crippen LogP contribution in [0.3, 0.4) is 0 Å². The molecule has 2 unspecified atom stereocenters. The maximum absolute atomic E-state index is 13.0. The fraction of sp³-hybridized carbons (Fsp3) is 0.700. The molecule has 0 aromatic carbocycles. The highest BCUT2D eigenvalue weighted by molar-refractivity contribution is 7.15. The van der Waals surface area contributed by atoms with E-state index in [4.69, 9.17) is 0 Å². The lowest BCUT2D eigenvalue weighted by Crippen LogP contribution is -2.58. The molecule has 0 saturated carbocycles. The normalized spacial score (nSPS) is 23.2. The van der Waals surface area contributed by atoms with E-state index in [0.717, 1.165) is 76.0 Å². The van der Waals surface area contributed by atoms with Crippen molar-refractivity contribution in [1.82, 2.24) is 9.80 Å². The second-order valence-corrected chi connectivity index (χ2v) is 14.4. The lowest BCUT2D eigenvalue weighted by Gasteiger charge is -2.48. The maximum Gasteiger partial charge on any atom is 0.348 e. The van der Waals surface area contributed by atoms with Gasteiger partial charge in [0.25, 0.3) is 0 Å². The van der Waals surface area contributed by atoms with Crippen molar-refractivity contribution in [2.75, 3.05) is 31.1 Å². The molecule has 2 saturated heterocycles. The van der Waals surface area contributed by atoms with Gasteiger partial charge in [0.1, 0.15) is 4.88 Å². The van der Waals surface area contributed by atoms with Gasteiger partial charge >= 0.3 is 5.97 Å². The zero-order valence-electron chi connectivity index (χ0n) is 24.2. The van der Waals surface area contributed by atoms with Gasteiger partial charge in [-0.25, -0.2) is 4.79 Å². The number of nitrogens with zero attached hydrogens (tertiary/aromatic N) is 3. The number of carboxylic acids is 1. The van der Waals surface area contributed by atoms with Crippen LogP contribution >= 0.6 is 11.3 Å². The summed E-state index contributed by atoms with van der Waals surface area (Å²) in [6.45, 7) is 17.8. The number of carbonyl (C=O) groups excluding carboxylic acids is 2. The van der Waals surface area contributed by atoms with Gasteiger partial charge in [0.15, 0.2) is 0 Å². The second-order valence-electron chi connectivity index (χ2n) is 13.4. The highest BCUT2D eigenvalue weighted by Crippen LogP contribution is 2.35. The van der Waals surface area contributed by atoms with Crippen molar-refractivity contribution in [3.05, 3.63) is 15.8 Å². The van der Waals surface area contributed by atoms with Gasteiger partial charge in [-0.15, -0.1) is 11.3 Å². The van der Waals surface area contributed by atoms with Crippen LogP contribution < -0.4 is 4.90 Å². The van der Waals surface area contributed by atoms with Gasteiger partial charge in [0.2, 0.25) is 12.3 Å². The standard InChI is InChI=1S/C30H45N3O4S/c1-28(2,3)14-11-23-18-24(26(38-23)27(36)37)33(21-34)22-10-8-16-32(17-12-22)30(7)13-9-15-31(20-30)25(35)19-29(4,5)6/h18,21-22H,8-10,12-13,15-17,19-20H2,1-7H3,(H,36,37). The first-order valence-corrected chi connectivity index (χ1v) is 14.6. The van der Waals surface area contributed by atoms with Gasteiger partial charge in [-0.2, -0.15) is 0 Å². The van der Waals surface area contributed by atoms with Crippen molar-refractivity contribution in [3.63, 3.8) is 0 Å². The van der Waals surface area contributed by atoms with Crippen LogP contribution in [-0.2, 0) is 9.59 Å². The summed E-state index contributed by atoms with van der Waals surface area (Å²) in [6.07, 6.45) is 5.82. The Balaban J connectivity index is 1.76. The van der Waals surface area contributed by atoms with E-state index in [9.17, 15) is 19.5 Å². The van der Waals surface area contributed by atoms with Gasteiger partial charge in [-0.3, -0.25) is 14.5 Å². The molecule has 1 aromatic rings. The van der Waals surface area contributed by atoms with Crippen LogP contribution in [0.2, 0.25) is 0 Å². The summed E-state index contributed by atoms with van der Waals surface area (Å²) in [5.41, 5.74) is 0.104. The van der Waals surface area contributed by atoms with E-state index in [-0.39, 0.29) is 33.2 Å². The van der Waals surface area contributed by atoms with E-state index < -0.39 is 5.97 Å². The average molecular weight is 544 g/mol. The summed E-state index contributed by atoms with van der Waals surface area (Å²) in [5, 5.41) is 9.87. The van der Waals surface area contributed by atoms with Crippen LogP contribution in [0.25, 0.3) is 0 Å². The predicted molar refractivity (Wildman–Crippen MR) is 154 cm³/mol. The number of piperidine rings is 1. The van der Waals surface area contributed by atoms with Crippen LogP contribution in [0.5, 0.6) is 0 Å². The third kappa shape index (κ3) is 7.83. The molecular weight excluding hydrogens is 498 g/mol. The van der Waals surface area contributed by atoms with Crippen LogP contribution in [0.4, 0.5) is 5.69 Å². The van der Waals surface area contributed by atoms with Gasteiger partial charge in [0.05, 0.1) is 10.6 Å². The smallest absolute Gasteiger partial charge is 0.348 e. The molecule has 2 aliphatic rings. The van der Waals surface area contributed by atoms with Crippen LogP contribution in [-0.4, -0.2) is 71.0 Å². The quantitative estimate of drug-likeness (QED) is 0.380. The summed E-state index contributed by atoms with van der Waals surface area (Å²) in [5.74, 6) is 5.45. The third-order valence-electron chi connectivity index (χ3n) is 7.42. The van der Waals surface area contributed by atoms with E-state index in [0.29, 0.717) is 17.0 Å². The van der Waals surface area contributed by atoms with Crippen molar-refractivity contribution in [2.45, 2.75) is 98.6 Å². The van der Waals surface area contributed by atoms with Crippen molar-refractivity contribution in [1.29, 1.82) is 0 Å². The van der Waals surface area contributed by atoms with E-state index in [1.165, 1.54) is 0 Å². The van der Waals surface area contributed by atoms with Crippen LogP contribution in [0.1, 0.15) is 102 Å². The number of thiophene rings is 1. The number of carbonyl (C=O) groups is 3. The molecule has 2 fully saturated rings. The summed E-state index contributed by atoms with van der Waals surface area (Å²) in [4.78, 5) is 44.4. The molecule has 2 amide bonds. The second kappa shape index (κ2) is 11.8. The molecular formula is C30H45N3O4S. The Bertz CT molecular complexity index is 1090. The minimum Gasteiger partial charge on any atom is -0.477 e. The fourth-order valence-electron chi connectivity index (χ4n) is 5.53. The van der Waals surface area contributed by atoms with E-state index in [1.807, 2.05) is 25.7 Å². The van der Waals surface area contributed by atoms with E-state index in [1.54, 1.807) is 11.0 Å². The molecule has 0 spiro atoms. The molecule has 3 rings (SSSR count). The largest absolute Gasteiger partial charge is 0.477 e. The third-order valence-corrected chi connectivity index (χ3v) is 8.45. The highest BCUT2D eigenvalue weighted by atomic mass is 32.1. The molecule has 0 aliphatic carbocycles. The molecule has 38 heavy (non-hydrogen) atoms. The lowest BCUT2D eigenvalue weighted by molar-refractivity contribution is -0.137. The lowest BCUT2D eigenvalue weighted by atomic mass is 9.86. The molecule has 0 radical (unpaired) electrons. The Morgan fingerprint density at radius 3 is 2.47 bits per heavy atom. The molecule has 0 bridgehead atoms. The molecule has 7 nitrogen and oxygen atoms in total. The first-order chi connectivity index (χ1) is 17.6. The Morgan fingerprint density at radius 2 is 1.87 bits per heavy atom. The summed E-state index contributed by atoms with van der Waals surface area (Å²) in [6, 6.07) is 1.67. The zero-order chi connectivity index (χ0) is 28.3. The predicted octanol–water partition coefficient (Wildman–Crippen LogP) is 5.48. The van der Waals surface area contributed by atoms with Crippen LogP contribution in [0.15, 0.2) is 6.07 Å². The summed E-state index contributed by atoms with van der Waals surface area (Å²) >= 11 is 1.13.